The molecule has 0 amide bonds. The summed E-state index contributed by atoms with van der Waals surface area (Å²) in [4.78, 5) is 6.39. The van der Waals surface area contributed by atoms with Crippen molar-refractivity contribution in [3.8, 4) is 0 Å². The minimum atomic E-state index is 0.800. The van der Waals surface area contributed by atoms with Crippen LogP contribution in [0.5, 0.6) is 0 Å². The Morgan fingerprint density at radius 3 is 2.56 bits per heavy atom. The summed E-state index contributed by atoms with van der Waals surface area (Å²) < 4.78 is 0. The molecule has 0 saturated carbocycles. The molecule has 1 heterocycles. The lowest BCUT2D eigenvalue weighted by Crippen LogP contribution is -2.19. The molecule has 1 saturated heterocycles. The van der Waals surface area contributed by atoms with Crippen LogP contribution >= 0.6 is 0 Å². The minimum Gasteiger partial charge on any atom is -0.363 e. The first-order chi connectivity index (χ1) is 4.24. The van der Waals surface area contributed by atoms with Gasteiger partial charge >= 0.3 is 0 Å². The molecule has 0 aromatic heterocycles. The molecule has 0 spiro atoms. The lowest BCUT2D eigenvalue weighted by Gasteiger charge is -2.09. The zero-order valence-corrected chi connectivity index (χ0v) is 6.39. The molecule has 0 bridgehead atoms. The Bertz CT molecular complexity index is 129. The highest BCUT2D eigenvalue weighted by Gasteiger charge is 2.19. The summed E-state index contributed by atoms with van der Waals surface area (Å²) in [5, 5.41) is 0. The molecule has 1 fully saturated rings. The number of amidine groups is 1. The Morgan fingerprint density at radius 2 is 2.33 bits per heavy atom. The second-order valence-electron chi connectivity index (χ2n) is 2.83. The van der Waals surface area contributed by atoms with Crippen molar-refractivity contribution >= 4 is 5.84 Å². The van der Waals surface area contributed by atoms with Gasteiger partial charge in [-0.25, -0.2) is 0 Å². The van der Waals surface area contributed by atoms with Gasteiger partial charge in [-0.2, -0.15) is 0 Å². The predicted octanol–water partition coefficient (Wildman–Crippen LogP) is 0.986. The lowest BCUT2D eigenvalue weighted by molar-refractivity contribution is 0.483. The Kier molecular flexibility index (Phi) is 1.74. The van der Waals surface area contributed by atoms with Crippen molar-refractivity contribution in [1.82, 2.24) is 4.90 Å². The van der Waals surface area contributed by atoms with Crippen LogP contribution in [0.25, 0.3) is 0 Å². The van der Waals surface area contributed by atoms with Gasteiger partial charge < -0.3 is 4.90 Å². The first-order valence-electron chi connectivity index (χ1n) is 3.41. The van der Waals surface area contributed by atoms with Crippen LogP contribution in [0.4, 0.5) is 0 Å². The number of hydrogen-bond acceptors (Lipinski definition) is 1. The minimum absolute atomic E-state index is 0.800. The van der Waals surface area contributed by atoms with Gasteiger partial charge in [-0.15, -0.1) is 0 Å². The van der Waals surface area contributed by atoms with Gasteiger partial charge in [0, 0.05) is 27.1 Å². The van der Waals surface area contributed by atoms with Gasteiger partial charge in [0.2, 0.25) is 0 Å². The first-order valence-corrected chi connectivity index (χ1v) is 3.41. The normalized spacial score (nSPS) is 32.1. The lowest BCUT2D eigenvalue weighted by atomic mass is 10.2. The summed E-state index contributed by atoms with van der Waals surface area (Å²) in [5.74, 6) is 2.05. The molecule has 9 heavy (non-hydrogen) atoms. The first kappa shape index (κ1) is 6.59. The van der Waals surface area contributed by atoms with E-state index in [0.29, 0.717) is 0 Å². The SMILES string of the molecule is CN=C1CC(C)CN1C. The highest BCUT2D eigenvalue weighted by atomic mass is 15.2. The van der Waals surface area contributed by atoms with Crippen LogP contribution in [0.3, 0.4) is 0 Å². The van der Waals surface area contributed by atoms with Crippen LogP contribution in [-0.4, -0.2) is 31.4 Å². The van der Waals surface area contributed by atoms with Crippen molar-refractivity contribution in [3.63, 3.8) is 0 Å². The van der Waals surface area contributed by atoms with Crippen molar-refractivity contribution in [2.24, 2.45) is 10.9 Å². The summed E-state index contributed by atoms with van der Waals surface area (Å²) in [5.41, 5.74) is 0. The van der Waals surface area contributed by atoms with E-state index in [1.54, 1.807) is 0 Å². The highest BCUT2D eigenvalue weighted by Crippen LogP contribution is 2.15. The number of rotatable bonds is 0. The van der Waals surface area contributed by atoms with Crippen LogP contribution in [0.1, 0.15) is 13.3 Å². The third-order valence-electron chi connectivity index (χ3n) is 1.82. The number of nitrogens with zero attached hydrogens (tertiary/aromatic N) is 2. The zero-order valence-electron chi connectivity index (χ0n) is 6.39. The highest BCUT2D eigenvalue weighted by molar-refractivity contribution is 5.83. The van der Waals surface area contributed by atoms with Gasteiger partial charge in [-0.05, 0) is 5.92 Å². The summed E-state index contributed by atoms with van der Waals surface area (Å²) in [6.45, 7) is 3.43. The standard InChI is InChI=1S/C7H14N2/c1-6-4-7(8-2)9(3)5-6/h6H,4-5H2,1-3H3. The molecular formula is C7H14N2. The van der Waals surface area contributed by atoms with Gasteiger partial charge in [-0.1, -0.05) is 6.92 Å². The third kappa shape index (κ3) is 1.23. The second-order valence-corrected chi connectivity index (χ2v) is 2.83. The van der Waals surface area contributed by atoms with Crippen molar-refractivity contribution in [3.05, 3.63) is 0 Å². The van der Waals surface area contributed by atoms with Crippen molar-refractivity contribution < 1.29 is 0 Å². The van der Waals surface area contributed by atoms with Crippen LogP contribution in [0.15, 0.2) is 4.99 Å². The maximum atomic E-state index is 4.16. The second kappa shape index (κ2) is 2.38. The van der Waals surface area contributed by atoms with Crippen molar-refractivity contribution in [2.75, 3.05) is 20.6 Å². The molecule has 0 aromatic rings. The van der Waals surface area contributed by atoms with E-state index < -0.39 is 0 Å². The van der Waals surface area contributed by atoms with Crippen LogP contribution in [-0.2, 0) is 0 Å². The maximum Gasteiger partial charge on any atom is 0.0986 e. The van der Waals surface area contributed by atoms with E-state index >= 15 is 0 Å². The third-order valence-corrected chi connectivity index (χ3v) is 1.82. The van der Waals surface area contributed by atoms with Crippen molar-refractivity contribution in [1.29, 1.82) is 0 Å². The summed E-state index contributed by atoms with van der Waals surface area (Å²) >= 11 is 0. The Hall–Kier alpha value is -0.530. The zero-order chi connectivity index (χ0) is 6.85. The van der Waals surface area contributed by atoms with Gasteiger partial charge in [-0.3, -0.25) is 4.99 Å². The fraction of sp³-hybridized carbons (Fsp3) is 0.857. The van der Waals surface area contributed by atoms with E-state index in [4.69, 9.17) is 0 Å². The molecule has 2 nitrogen and oxygen atoms in total. The molecule has 52 valence electrons. The summed E-state index contributed by atoms with van der Waals surface area (Å²) in [6.07, 6.45) is 1.16. The average Bonchev–Trinajstić information content (AvgIpc) is 2.10. The van der Waals surface area contributed by atoms with Gasteiger partial charge in [0.25, 0.3) is 0 Å². The largest absolute Gasteiger partial charge is 0.363 e. The van der Waals surface area contributed by atoms with E-state index in [-0.39, 0.29) is 0 Å². The molecule has 0 radical (unpaired) electrons. The molecule has 1 unspecified atom stereocenters. The van der Waals surface area contributed by atoms with Gasteiger partial charge in [0.1, 0.15) is 0 Å². The molecule has 0 aromatic carbocycles. The molecular weight excluding hydrogens is 112 g/mol. The number of aliphatic imine (C=N–C) groups is 1. The van der Waals surface area contributed by atoms with E-state index in [9.17, 15) is 0 Å². The fourth-order valence-electron chi connectivity index (χ4n) is 1.37. The molecule has 0 N–H and O–H groups in total. The molecule has 1 rings (SSSR count). The summed E-state index contributed by atoms with van der Waals surface area (Å²) in [6, 6.07) is 0. The van der Waals surface area contributed by atoms with Crippen molar-refractivity contribution in [2.45, 2.75) is 13.3 Å². The van der Waals surface area contributed by atoms with Crippen LogP contribution < -0.4 is 0 Å². The van der Waals surface area contributed by atoms with Crippen LogP contribution in [0.2, 0.25) is 0 Å². The maximum absolute atomic E-state index is 4.16. The van der Waals surface area contributed by atoms with E-state index in [2.05, 4.69) is 23.9 Å². The van der Waals surface area contributed by atoms with Gasteiger partial charge in [0.05, 0.1) is 5.84 Å². The van der Waals surface area contributed by atoms with E-state index in [0.717, 1.165) is 12.3 Å². The smallest absolute Gasteiger partial charge is 0.0986 e. The predicted molar refractivity (Wildman–Crippen MR) is 39.8 cm³/mol. The molecule has 0 aliphatic carbocycles. The number of likely N-dealkylation sites (tertiary alicyclic amines) is 1. The van der Waals surface area contributed by atoms with Crippen LogP contribution in [0, 0.1) is 5.92 Å². The Labute approximate surface area is 56.6 Å². The van der Waals surface area contributed by atoms with Gasteiger partial charge in [0.15, 0.2) is 0 Å². The topological polar surface area (TPSA) is 15.6 Å². The quantitative estimate of drug-likeness (QED) is 0.472. The summed E-state index contributed by atoms with van der Waals surface area (Å²) in [7, 11) is 3.97. The molecule has 2 heteroatoms. The molecule has 1 atom stereocenters. The molecule has 1 aliphatic heterocycles. The monoisotopic (exact) mass is 126 g/mol. The Morgan fingerprint density at radius 1 is 1.67 bits per heavy atom. The Balaban J connectivity index is 2.58. The fourth-order valence-corrected chi connectivity index (χ4v) is 1.37. The molecule has 1 aliphatic rings. The average molecular weight is 126 g/mol. The van der Waals surface area contributed by atoms with E-state index in [1.165, 1.54) is 12.4 Å². The number of hydrogen-bond donors (Lipinski definition) is 0. The van der Waals surface area contributed by atoms with E-state index in [1.807, 2.05) is 7.05 Å².